The van der Waals surface area contributed by atoms with Crippen LogP contribution >= 0.6 is 0 Å². The SMILES string of the molecule is C[Si]1(C)c2ccccc2-c2ccc3c(c4c(n3-c3cc(-c5ccccc5)nc(-c5ccccc5)n3)CCCC4)c21. The summed E-state index contributed by atoms with van der Waals surface area (Å²) in [5, 5.41) is 4.68. The Balaban J connectivity index is 1.44. The summed E-state index contributed by atoms with van der Waals surface area (Å²) in [7, 11) is -1.87. The normalized spacial score (nSPS) is 15.1. The van der Waals surface area contributed by atoms with Crippen LogP contribution in [0.4, 0.5) is 0 Å². The van der Waals surface area contributed by atoms with Crippen LogP contribution in [0.3, 0.4) is 0 Å². The van der Waals surface area contributed by atoms with E-state index in [2.05, 4.69) is 115 Å². The van der Waals surface area contributed by atoms with Gasteiger partial charge in [-0.2, -0.15) is 0 Å². The number of hydrogen-bond donors (Lipinski definition) is 0. The van der Waals surface area contributed by atoms with Gasteiger partial charge in [0.25, 0.3) is 0 Å². The monoisotopic (exact) mass is 533 g/mol. The second-order valence-corrected chi connectivity index (χ2v) is 16.0. The zero-order valence-corrected chi connectivity index (χ0v) is 24.0. The predicted octanol–water partition coefficient (Wildman–Crippen LogP) is 7.44. The fourth-order valence-electron chi connectivity index (χ4n) is 7.19. The fraction of sp³-hybridized carbons (Fsp3) is 0.167. The van der Waals surface area contributed by atoms with Crippen LogP contribution in [0.1, 0.15) is 24.1 Å². The van der Waals surface area contributed by atoms with Crippen molar-refractivity contribution in [3.05, 3.63) is 114 Å². The molecule has 0 radical (unpaired) electrons. The van der Waals surface area contributed by atoms with Gasteiger partial charge in [-0.3, -0.25) is 4.57 Å². The summed E-state index contributed by atoms with van der Waals surface area (Å²) in [6.45, 7) is 5.07. The molecule has 3 heterocycles. The Morgan fingerprint density at radius 3 is 2.17 bits per heavy atom. The highest BCUT2D eigenvalue weighted by atomic mass is 28.3. The molecule has 4 aromatic carbocycles. The molecule has 0 saturated carbocycles. The smallest absolute Gasteiger partial charge is 0.162 e. The maximum absolute atomic E-state index is 5.26. The van der Waals surface area contributed by atoms with E-state index in [0.717, 1.165) is 41.3 Å². The summed E-state index contributed by atoms with van der Waals surface area (Å²) in [4.78, 5) is 10.3. The average molecular weight is 534 g/mol. The van der Waals surface area contributed by atoms with Crippen molar-refractivity contribution in [2.75, 3.05) is 0 Å². The van der Waals surface area contributed by atoms with Crippen LogP contribution in [-0.2, 0) is 12.8 Å². The first-order valence-corrected chi connectivity index (χ1v) is 17.4. The highest BCUT2D eigenvalue weighted by Crippen LogP contribution is 2.40. The lowest BCUT2D eigenvalue weighted by molar-refractivity contribution is 0.664. The van der Waals surface area contributed by atoms with Crippen molar-refractivity contribution in [1.29, 1.82) is 0 Å². The minimum absolute atomic E-state index is 0.770. The van der Waals surface area contributed by atoms with Crippen LogP contribution in [0.25, 0.3) is 50.5 Å². The third kappa shape index (κ3) is 3.42. The molecule has 0 atom stereocenters. The number of aryl methyl sites for hydroxylation is 1. The van der Waals surface area contributed by atoms with Crippen LogP contribution in [0.15, 0.2) is 103 Å². The van der Waals surface area contributed by atoms with Crippen LogP contribution in [0.2, 0.25) is 13.1 Å². The van der Waals surface area contributed by atoms with E-state index < -0.39 is 8.07 Å². The van der Waals surface area contributed by atoms with Crippen LogP contribution in [0.5, 0.6) is 0 Å². The largest absolute Gasteiger partial charge is 0.298 e. The molecular weight excluding hydrogens is 503 g/mol. The van der Waals surface area contributed by atoms with Gasteiger partial charge in [0.15, 0.2) is 5.82 Å². The molecule has 0 N–H and O–H groups in total. The molecule has 0 saturated heterocycles. The van der Waals surface area contributed by atoms with E-state index in [-0.39, 0.29) is 0 Å². The van der Waals surface area contributed by atoms with Gasteiger partial charge in [0.05, 0.1) is 11.2 Å². The minimum Gasteiger partial charge on any atom is -0.298 e. The van der Waals surface area contributed by atoms with Crippen LogP contribution in [0, 0.1) is 0 Å². The molecule has 6 aromatic rings. The Labute approximate surface area is 236 Å². The van der Waals surface area contributed by atoms with Gasteiger partial charge in [-0.15, -0.1) is 0 Å². The van der Waals surface area contributed by atoms with Gasteiger partial charge in [-0.1, -0.05) is 104 Å². The number of rotatable bonds is 3. The topological polar surface area (TPSA) is 30.7 Å². The van der Waals surface area contributed by atoms with Gasteiger partial charge in [-0.05, 0) is 58.8 Å². The van der Waals surface area contributed by atoms with Gasteiger partial charge in [-0.25, -0.2) is 9.97 Å². The Morgan fingerprint density at radius 2 is 1.38 bits per heavy atom. The van der Waals surface area contributed by atoms with Gasteiger partial charge >= 0.3 is 0 Å². The lowest BCUT2D eigenvalue weighted by atomic mass is 9.94. The molecule has 0 spiro atoms. The number of benzene rings is 4. The van der Waals surface area contributed by atoms with Crippen molar-refractivity contribution in [2.45, 2.75) is 38.8 Å². The molecule has 2 aromatic heterocycles. The average Bonchev–Trinajstić information content (AvgIpc) is 3.47. The van der Waals surface area contributed by atoms with Crippen molar-refractivity contribution in [3.63, 3.8) is 0 Å². The second kappa shape index (κ2) is 8.87. The Kier molecular flexibility index (Phi) is 5.23. The van der Waals surface area contributed by atoms with Gasteiger partial charge in [0.2, 0.25) is 0 Å². The summed E-state index contributed by atoms with van der Waals surface area (Å²) in [6.07, 6.45) is 4.69. The lowest BCUT2D eigenvalue weighted by Gasteiger charge is -2.21. The maximum atomic E-state index is 5.26. The fourth-order valence-corrected chi connectivity index (χ4v) is 10.7. The van der Waals surface area contributed by atoms with Gasteiger partial charge in [0, 0.05) is 28.3 Å². The zero-order valence-electron chi connectivity index (χ0n) is 23.0. The van der Waals surface area contributed by atoms with Gasteiger partial charge < -0.3 is 0 Å². The molecule has 1 aliphatic carbocycles. The van der Waals surface area contributed by atoms with Crippen LogP contribution < -0.4 is 10.4 Å². The van der Waals surface area contributed by atoms with E-state index >= 15 is 0 Å². The third-order valence-electron chi connectivity index (χ3n) is 8.99. The molecule has 0 bridgehead atoms. The molecule has 8 rings (SSSR count). The Hall–Kier alpha value is -4.28. The molecule has 4 heteroatoms. The summed E-state index contributed by atoms with van der Waals surface area (Å²) < 4.78 is 2.48. The summed E-state index contributed by atoms with van der Waals surface area (Å²) in [5.74, 6) is 1.74. The first-order valence-electron chi connectivity index (χ1n) is 14.4. The van der Waals surface area contributed by atoms with E-state index in [1.807, 2.05) is 6.07 Å². The van der Waals surface area contributed by atoms with E-state index in [1.165, 1.54) is 40.6 Å². The first-order chi connectivity index (χ1) is 19.6. The molecular formula is C36H31N3Si. The summed E-state index contributed by atoms with van der Waals surface area (Å²) in [5.41, 5.74) is 10.3. The first kappa shape index (κ1) is 23.6. The second-order valence-electron chi connectivity index (χ2n) is 11.7. The molecule has 0 fully saturated rings. The number of aromatic nitrogens is 3. The van der Waals surface area contributed by atoms with Crippen molar-refractivity contribution < 1.29 is 0 Å². The van der Waals surface area contributed by atoms with Crippen LogP contribution in [-0.4, -0.2) is 22.6 Å². The van der Waals surface area contributed by atoms with E-state index in [9.17, 15) is 0 Å². The van der Waals surface area contributed by atoms with Crippen molar-refractivity contribution in [2.24, 2.45) is 0 Å². The Morgan fingerprint density at radius 1 is 0.675 bits per heavy atom. The molecule has 3 nitrogen and oxygen atoms in total. The molecule has 40 heavy (non-hydrogen) atoms. The Bertz CT molecular complexity index is 1860. The summed E-state index contributed by atoms with van der Waals surface area (Å²) in [6, 6.07) is 37.0. The molecule has 0 amide bonds. The highest BCUT2D eigenvalue weighted by molar-refractivity contribution is 7.05. The van der Waals surface area contributed by atoms with Crippen molar-refractivity contribution >= 4 is 29.4 Å². The molecule has 2 aliphatic rings. The van der Waals surface area contributed by atoms with Gasteiger partial charge in [0.1, 0.15) is 13.9 Å². The predicted molar refractivity (Wildman–Crippen MR) is 169 cm³/mol. The standard InChI is InChI=1S/C36H31N3Si/c1-40(2)32-20-12-10-17-26(32)27-21-22-31-34(35(27)40)28-18-9-11-19-30(28)39(31)33-23-29(24-13-5-3-6-14-24)37-36(38-33)25-15-7-4-8-16-25/h3-8,10,12-17,20-23H,9,11,18-19H2,1-2H3. The lowest BCUT2D eigenvalue weighted by Crippen LogP contribution is -2.49. The molecule has 1 aliphatic heterocycles. The maximum Gasteiger partial charge on any atom is 0.162 e. The minimum atomic E-state index is -1.87. The van der Waals surface area contributed by atoms with E-state index in [4.69, 9.17) is 9.97 Å². The quantitative estimate of drug-likeness (QED) is 0.221. The summed E-state index contributed by atoms with van der Waals surface area (Å²) >= 11 is 0. The number of fused-ring (bicyclic) bond motifs is 7. The van der Waals surface area contributed by atoms with Crippen molar-refractivity contribution in [1.82, 2.24) is 14.5 Å². The highest BCUT2D eigenvalue weighted by Gasteiger charge is 2.40. The molecule has 194 valence electrons. The van der Waals surface area contributed by atoms with E-state index in [0.29, 0.717) is 0 Å². The third-order valence-corrected chi connectivity index (χ3v) is 12.5. The number of hydrogen-bond acceptors (Lipinski definition) is 2. The zero-order chi connectivity index (χ0) is 26.8. The van der Waals surface area contributed by atoms with Crippen molar-refractivity contribution in [3.8, 4) is 39.6 Å². The number of nitrogens with zero attached hydrogens (tertiary/aromatic N) is 3. The van der Waals surface area contributed by atoms with E-state index in [1.54, 1.807) is 15.9 Å². The molecule has 0 unspecified atom stereocenters.